The number of phenols is 1. The zero-order valence-corrected chi connectivity index (χ0v) is 19.6. The first-order valence-corrected chi connectivity index (χ1v) is 11.3. The highest BCUT2D eigenvalue weighted by atomic mass is 19.4. The van der Waals surface area contributed by atoms with E-state index in [-0.39, 0.29) is 11.7 Å². The second kappa shape index (κ2) is 10.5. The van der Waals surface area contributed by atoms with Gasteiger partial charge < -0.3 is 25.3 Å². The molecule has 2 aromatic rings. The number of alkyl halides is 3. The normalized spacial score (nSPS) is 20.3. The number of benzene rings is 2. The number of carbonyl (C=O) groups is 1. The molecule has 0 atom stereocenters. The van der Waals surface area contributed by atoms with Gasteiger partial charge in [-0.25, -0.2) is 4.79 Å². The maximum absolute atomic E-state index is 13.2. The van der Waals surface area contributed by atoms with Crippen LogP contribution in [-0.2, 0) is 11.8 Å². The third-order valence-electron chi connectivity index (χ3n) is 6.35. The van der Waals surface area contributed by atoms with Gasteiger partial charge >= 0.3 is 12.2 Å². The molecule has 0 heterocycles. The van der Waals surface area contributed by atoms with Crippen molar-refractivity contribution in [3.63, 3.8) is 0 Å². The Kier molecular flexibility index (Phi) is 7.93. The van der Waals surface area contributed by atoms with Crippen molar-refractivity contribution in [2.24, 2.45) is 0 Å². The zero-order chi connectivity index (χ0) is 25.8. The molecule has 3 rings (SSSR count). The van der Waals surface area contributed by atoms with Crippen LogP contribution in [0.1, 0.15) is 42.4 Å². The number of nitriles is 1. The van der Waals surface area contributed by atoms with Crippen molar-refractivity contribution >= 4 is 11.7 Å². The van der Waals surface area contributed by atoms with Gasteiger partial charge in [0.2, 0.25) is 0 Å². The SMILES string of the molecule is CN(C)CCN(C(=O)Nc1ccc(O)c(C(F)(F)F)c1)C1CCC(O)(c2cccc(C#N)c2)CC1. The van der Waals surface area contributed by atoms with Gasteiger partial charge in [0, 0.05) is 24.8 Å². The van der Waals surface area contributed by atoms with Gasteiger partial charge in [0.25, 0.3) is 0 Å². The van der Waals surface area contributed by atoms with Crippen molar-refractivity contribution in [2.45, 2.75) is 43.5 Å². The van der Waals surface area contributed by atoms with Crippen LogP contribution in [0, 0.1) is 11.3 Å². The molecule has 0 bridgehead atoms. The van der Waals surface area contributed by atoms with Crippen LogP contribution in [-0.4, -0.2) is 59.3 Å². The number of carbonyl (C=O) groups excluding carboxylic acids is 1. The third-order valence-corrected chi connectivity index (χ3v) is 6.35. The third kappa shape index (κ3) is 6.44. The van der Waals surface area contributed by atoms with Crippen LogP contribution in [0.2, 0.25) is 0 Å². The number of halogens is 3. The van der Waals surface area contributed by atoms with E-state index in [0.717, 1.165) is 6.07 Å². The van der Waals surface area contributed by atoms with Crippen molar-refractivity contribution in [1.29, 1.82) is 5.26 Å². The summed E-state index contributed by atoms with van der Waals surface area (Å²) in [6, 6.07) is 11.0. The summed E-state index contributed by atoms with van der Waals surface area (Å²) in [5, 5.41) is 32.5. The summed E-state index contributed by atoms with van der Waals surface area (Å²) in [6.07, 6.45) is -3.05. The van der Waals surface area contributed by atoms with Crippen LogP contribution < -0.4 is 5.32 Å². The van der Waals surface area contributed by atoms with Gasteiger partial charge in [-0.3, -0.25) is 0 Å². The fourth-order valence-electron chi connectivity index (χ4n) is 4.35. The van der Waals surface area contributed by atoms with Crippen LogP contribution in [0.25, 0.3) is 0 Å². The first-order chi connectivity index (χ1) is 16.4. The van der Waals surface area contributed by atoms with Gasteiger partial charge in [0.05, 0.1) is 22.8 Å². The molecule has 2 aromatic carbocycles. The molecule has 0 spiro atoms. The lowest BCUT2D eigenvalue weighted by Crippen LogP contribution is -2.49. The predicted octanol–water partition coefficient (Wildman–Crippen LogP) is 4.51. The summed E-state index contributed by atoms with van der Waals surface area (Å²) in [5.41, 5.74) is -1.31. The Balaban J connectivity index is 1.76. The number of aliphatic hydroxyl groups is 1. The fourth-order valence-corrected chi connectivity index (χ4v) is 4.35. The number of nitrogens with one attached hydrogen (secondary N) is 1. The summed E-state index contributed by atoms with van der Waals surface area (Å²) < 4.78 is 39.5. The molecule has 0 unspecified atom stereocenters. The van der Waals surface area contributed by atoms with E-state index in [1.807, 2.05) is 19.0 Å². The lowest BCUT2D eigenvalue weighted by Gasteiger charge is -2.41. The monoisotopic (exact) mass is 490 g/mol. The number of urea groups is 1. The van der Waals surface area contributed by atoms with E-state index in [9.17, 15) is 28.2 Å². The molecule has 0 saturated heterocycles. The minimum atomic E-state index is -4.76. The number of anilines is 1. The van der Waals surface area contributed by atoms with Gasteiger partial charge in [-0.15, -0.1) is 0 Å². The Morgan fingerprint density at radius 1 is 1.17 bits per heavy atom. The van der Waals surface area contributed by atoms with E-state index in [4.69, 9.17) is 5.26 Å². The predicted molar refractivity (Wildman–Crippen MR) is 125 cm³/mol. The van der Waals surface area contributed by atoms with Gasteiger partial charge in [0.15, 0.2) is 0 Å². The van der Waals surface area contributed by atoms with Crippen molar-refractivity contribution in [1.82, 2.24) is 9.80 Å². The van der Waals surface area contributed by atoms with E-state index >= 15 is 0 Å². The summed E-state index contributed by atoms with van der Waals surface area (Å²) in [5.74, 6) is -0.910. The molecule has 0 aromatic heterocycles. The summed E-state index contributed by atoms with van der Waals surface area (Å²) in [4.78, 5) is 16.6. The second-order valence-electron chi connectivity index (χ2n) is 9.11. The summed E-state index contributed by atoms with van der Waals surface area (Å²) >= 11 is 0. The Labute approximate surface area is 202 Å². The van der Waals surface area contributed by atoms with Crippen LogP contribution in [0.5, 0.6) is 5.75 Å². The molecule has 1 aliphatic rings. The lowest BCUT2D eigenvalue weighted by atomic mass is 9.77. The Bertz CT molecular complexity index is 1090. The molecule has 10 heteroatoms. The van der Waals surface area contributed by atoms with E-state index in [2.05, 4.69) is 11.4 Å². The molecule has 0 aliphatic heterocycles. The molecule has 2 amide bonds. The number of aromatic hydroxyl groups is 1. The molecule has 3 N–H and O–H groups in total. The second-order valence-corrected chi connectivity index (χ2v) is 9.11. The molecule has 7 nitrogen and oxygen atoms in total. The standard InChI is InChI=1S/C25H29F3N4O3/c1-31(2)12-13-32(23(34)30-19-6-7-22(33)21(15-19)25(26,27)28)20-8-10-24(35,11-9-20)18-5-3-4-17(14-18)16-29/h3-7,14-15,20,33,35H,8-13H2,1-2H3,(H,30,34). The highest BCUT2D eigenvalue weighted by Gasteiger charge is 2.38. The van der Waals surface area contributed by atoms with Crippen molar-refractivity contribution in [3.8, 4) is 11.8 Å². The van der Waals surface area contributed by atoms with Crippen LogP contribution in [0.15, 0.2) is 42.5 Å². The van der Waals surface area contributed by atoms with Gasteiger partial charge in [-0.2, -0.15) is 18.4 Å². The van der Waals surface area contributed by atoms with Crippen LogP contribution in [0.3, 0.4) is 0 Å². The number of hydrogen-bond donors (Lipinski definition) is 3. The van der Waals surface area contributed by atoms with Crippen LogP contribution in [0.4, 0.5) is 23.7 Å². The van der Waals surface area contributed by atoms with E-state index in [0.29, 0.717) is 56.0 Å². The maximum Gasteiger partial charge on any atom is 0.420 e. The number of amides is 2. The number of hydrogen-bond acceptors (Lipinski definition) is 5. The lowest BCUT2D eigenvalue weighted by molar-refractivity contribution is -0.138. The smallest absolute Gasteiger partial charge is 0.420 e. The van der Waals surface area contributed by atoms with Gasteiger partial charge in [-0.1, -0.05) is 12.1 Å². The molecular formula is C25H29F3N4O3. The van der Waals surface area contributed by atoms with Crippen molar-refractivity contribution in [2.75, 3.05) is 32.5 Å². The first kappa shape index (κ1) is 26.3. The number of likely N-dealkylation sites (N-methyl/N-ethyl adjacent to an activating group) is 1. The van der Waals surface area contributed by atoms with Gasteiger partial charge in [-0.05, 0) is 75.7 Å². The molecule has 0 radical (unpaired) electrons. The maximum atomic E-state index is 13.2. The average molecular weight is 491 g/mol. The minimum Gasteiger partial charge on any atom is -0.507 e. The first-order valence-electron chi connectivity index (χ1n) is 11.3. The van der Waals surface area contributed by atoms with Crippen molar-refractivity contribution in [3.05, 3.63) is 59.2 Å². The van der Waals surface area contributed by atoms with Crippen LogP contribution >= 0.6 is 0 Å². The number of nitrogens with zero attached hydrogens (tertiary/aromatic N) is 3. The fraction of sp³-hybridized carbons (Fsp3) is 0.440. The van der Waals surface area contributed by atoms with Gasteiger partial charge in [0.1, 0.15) is 5.75 Å². The number of rotatable bonds is 6. The van der Waals surface area contributed by atoms with E-state index < -0.39 is 29.1 Å². The molecule has 1 aliphatic carbocycles. The topological polar surface area (TPSA) is 99.8 Å². The van der Waals surface area contributed by atoms with E-state index in [1.165, 1.54) is 6.07 Å². The largest absolute Gasteiger partial charge is 0.507 e. The minimum absolute atomic E-state index is 0.0735. The Morgan fingerprint density at radius 3 is 2.46 bits per heavy atom. The van der Waals surface area contributed by atoms with E-state index in [1.54, 1.807) is 29.2 Å². The summed E-state index contributed by atoms with van der Waals surface area (Å²) in [6.45, 7) is 0.887. The molecule has 1 saturated carbocycles. The average Bonchev–Trinajstić information content (AvgIpc) is 2.80. The number of phenolic OH excluding ortho intramolecular Hbond substituents is 1. The molecular weight excluding hydrogens is 461 g/mol. The molecule has 1 fully saturated rings. The summed E-state index contributed by atoms with van der Waals surface area (Å²) in [7, 11) is 3.71. The quantitative estimate of drug-likeness (QED) is 0.518. The highest BCUT2D eigenvalue weighted by Crippen LogP contribution is 2.40. The Morgan fingerprint density at radius 2 is 1.86 bits per heavy atom. The Hall–Kier alpha value is -3.29. The highest BCUT2D eigenvalue weighted by molar-refractivity contribution is 5.89. The molecule has 35 heavy (non-hydrogen) atoms. The van der Waals surface area contributed by atoms with Crippen molar-refractivity contribution < 1.29 is 28.2 Å². The molecule has 188 valence electrons. The zero-order valence-electron chi connectivity index (χ0n) is 19.6.